The third kappa shape index (κ3) is 2.62. The van der Waals surface area contributed by atoms with Crippen LogP contribution in [0.25, 0.3) is 0 Å². The van der Waals surface area contributed by atoms with Crippen LogP contribution in [0.5, 0.6) is 0 Å². The average Bonchev–Trinajstić information content (AvgIpc) is 2.39. The molecule has 0 heterocycles. The van der Waals surface area contributed by atoms with Gasteiger partial charge in [-0.25, -0.2) is 0 Å². The van der Waals surface area contributed by atoms with Gasteiger partial charge in [0, 0.05) is 0 Å². The van der Waals surface area contributed by atoms with Crippen LogP contribution in [-0.4, -0.2) is 22.2 Å². The van der Waals surface area contributed by atoms with Crippen LogP contribution in [0.15, 0.2) is 30.3 Å². The molecule has 0 spiro atoms. The quantitative estimate of drug-likeness (QED) is 0.877. The van der Waals surface area contributed by atoms with Gasteiger partial charge in [0.1, 0.15) is 0 Å². The van der Waals surface area contributed by atoms with E-state index in [1.807, 2.05) is 37.3 Å². The molecule has 1 aromatic carbocycles. The highest BCUT2D eigenvalue weighted by atomic mass is 16.4. The second-order valence-corrected chi connectivity index (χ2v) is 5.56. The molecular weight excluding hydrogens is 244 g/mol. The molecule has 0 aliphatic heterocycles. The summed E-state index contributed by atoms with van der Waals surface area (Å²) in [6.07, 6.45) is 1.50. The second kappa shape index (κ2) is 5.03. The molecule has 0 radical (unpaired) electrons. The van der Waals surface area contributed by atoms with Gasteiger partial charge in [-0.05, 0) is 30.2 Å². The molecule has 2 N–H and O–H groups in total. The molecule has 0 amide bonds. The standard InChI is InChI=1S/C15H18O4/c1-15(10-5-3-2-4-6-10)8-7-11(13(16)17)12(9-15)14(18)19/h2-6,11-12H,7-9H2,1H3,(H,16,17)(H,18,19)/t11-,12+,15-/m1/s1. The number of aliphatic carboxylic acids is 2. The topological polar surface area (TPSA) is 74.6 Å². The molecule has 1 saturated carbocycles. The van der Waals surface area contributed by atoms with Crippen molar-refractivity contribution < 1.29 is 19.8 Å². The highest BCUT2D eigenvalue weighted by Gasteiger charge is 2.44. The van der Waals surface area contributed by atoms with E-state index in [9.17, 15) is 14.7 Å². The Labute approximate surface area is 112 Å². The van der Waals surface area contributed by atoms with E-state index in [2.05, 4.69) is 0 Å². The normalized spacial score (nSPS) is 30.8. The lowest BCUT2D eigenvalue weighted by atomic mass is 9.63. The van der Waals surface area contributed by atoms with Gasteiger partial charge in [-0.15, -0.1) is 0 Å². The first-order chi connectivity index (χ1) is 8.94. The summed E-state index contributed by atoms with van der Waals surface area (Å²) < 4.78 is 0. The summed E-state index contributed by atoms with van der Waals surface area (Å²) >= 11 is 0. The Hall–Kier alpha value is -1.84. The molecule has 0 bridgehead atoms. The lowest BCUT2D eigenvalue weighted by Gasteiger charge is -2.40. The van der Waals surface area contributed by atoms with Gasteiger partial charge in [-0.3, -0.25) is 9.59 Å². The number of hydrogen-bond donors (Lipinski definition) is 2. The number of carbonyl (C=O) groups is 2. The zero-order chi connectivity index (χ0) is 14.0. The molecule has 1 fully saturated rings. The van der Waals surface area contributed by atoms with E-state index >= 15 is 0 Å². The first-order valence-electron chi connectivity index (χ1n) is 6.45. The van der Waals surface area contributed by atoms with Gasteiger partial charge < -0.3 is 10.2 Å². The minimum Gasteiger partial charge on any atom is -0.481 e. The molecule has 19 heavy (non-hydrogen) atoms. The average molecular weight is 262 g/mol. The Bertz CT molecular complexity index is 482. The Morgan fingerprint density at radius 1 is 1.11 bits per heavy atom. The fourth-order valence-electron chi connectivity index (χ4n) is 3.06. The van der Waals surface area contributed by atoms with Crippen molar-refractivity contribution in [1.29, 1.82) is 0 Å². The smallest absolute Gasteiger partial charge is 0.307 e. The second-order valence-electron chi connectivity index (χ2n) is 5.56. The van der Waals surface area contributed by atoms with Crippen molar-refractivity contribution in [1.82, 2.24) is 0 Å². The number of benzene rings is 1. The molecule has 1 aliphatic rings. The maximum absolute atomic E-state index is 11.3. The van der Waals surface area contributed by atoms with E-state index in [-0.39, 0.29) is 5.41 Å². The molecule has 2 rings (SSSR count). The number of carboxylic acids is 2. The monoisotopic (exact) mass is 262 g/mol. The van der Waals surface area contributed by atoms with Crippen LogP contribution in [0.1, 0.15) is 31.7 Å². The van der Waals surface area contributed by atoms with Gasteiger partial charge in [-0.1, -0.05) is 37.3 Å². The Balaban J connectivity index is 2.28. The summed E-state index contributed by atoms with van der Waals surface area (Å²) in [5, 5.41) is 18.4. The molecule has 3 atom stereocenters. The third-order valence-electron chi connectivity index (χ3n) is 4.27. The Morgan fingerprint density at radius 2 is 1.68 bits per heavy atom. The summed E-state index contributed by atoms with van der Waals surface area (Å²) in [5.41, 5.74) is 0.834. The van der Waals surface area contributed by atoms with Gasteiger partial charge in [0.15, 0.2) is 0 Å². The van der Waals surface area contributed by atoms with Crippen LogP contribution >= 0.6 is 0 Å². The SMILES string of the molecule is C[C@@]1(c2ccccc2)CC[C@@H](C(=O)O)[C@@H](C(=O)O)C1. The minimum absolute atomic E-state index is 0.254. The van der Waals surface area contributed by atoms with E-state index in [1.54, 1.807) is 0 Å². The van der Waals surface area contributed by atoms with Crippen LogP contribution in [0, 0.1) is 11.8 Å². The zero-order valence-corrected chi connectivity index (χ0v) is 10.9. The molecule has 4 heteroatoms. The maximum Gasteiger partial charge on any atom is 0.307 e. The van der Waals surface area contributed by atoms with E-state index in [1.165, 1.54) is 0 Å². The van der Waals surface area contributed by atoms with Crippen molar-refractivity contribution in [3.05, 3.63) is 35.9 Å². The predicted octanol–water partition coefficient (Wildman–Crippen LogP) is 2.53. The molecular formula is C15H18O4. The van der Waals surface area contributed by atoms with E-state index < -0.39 is 23.8 Å². The number of carboxylic acid groups (broad SMARTS) is 2. The van der Waals surface area contributed by atoms with E-state index in [0.717, 1.165) is 5.56 Å². The van der Waals surface area contributed by atoms with Crippen LogP contribution in [0.2, 0.25) is 0 Å². The third-order valence-corrected chi connectivity index (χ3v) is 4.27. The summed E-state index contributed by atoms with van der Waals surface area (Å²) in [6, 6.07) is 9.75. The van der Waals surface area contributed by atoms with E-state index in [4.69, 9.17) is 5.11 Å². The van der Waals surface area contributed by atoms with Gasteiger partial charge in [0.05, 0.1) is 11.8 Å². The maximum atomic E-state index is 11.3. The van der Waals surface area contributed by atoms with Crippen molar-refractivity contribution in [2.45, 2.75) is 31.6 Å². The lowest BCUT2D eigenvalue weighted by molar-refractivity contribution is -0.156. The van der Waals surface area contributed by atoms with Crippen LogP contribution in [0.3, 0.4) is 0 Å². The Morgan fingerprint density at radius 3 is 2.21 bits per heavy atom. The first kappa shape index (κ1) is 13.6. The highest BCUT2D eigenvalue weighted by Crippen LogP contribution is 2.44. The fraction of sp³-hybridized carbons (Fsp3) is 0.467. The summed E-state index contributed by atoms with van der Waals surface area (Å²) in [4.78, 5) is 22.5. The summed E-state index contributed by atoms with van der Waals surface area (Å²) in [7, 11) is 0. The van der Waals surface area contributed by atoms with Crippen LogP contribution in [-0.2, 0) is 15.0 Å². The van der Waals surface area contributed by atoms with Crippen molar-refractivity contribution in [2.24, 2.45) is 11.8 Å². The molecule has 0 saturated heterocycles. The largest absolute Gasteiger partial charge is 0.481 e. The number of rotatable bonds is 3. The fourth-order valence-corrected chi connectivity index (χ4v) is 3.06. The number of hydrogen-bond acceptors (Lipinski definition) is 2. The van der Waals surface area contributed by atoms with Gasteiger partial charge >= 0.3 is 11.9 Å². The first-order valence-corrected chi connectivity index (χ1v) is 6.45. The lowest BCUT2D eigenvalue weighted by Crippen LogP contribution is -2.41. The minimum atomic E-state index is -1.01. The summed E-state index contributed by atoms with van der Waals surface area (Å²) in [6.45, 7) is 2.02. The van der Waals surface area contributed by atoms with Gasteiger partial charge in [0.25, 0.3) is 0 Å². The van der Waals surface area contributed by atoms with Crippen molar-refractivity contribution in [3.8, 4) is 0 Å². The molecule has 1 aromatic rings. The molecule has 4 nitrogen and oxygen atoms in total. The molecule has 0 aromatic heterocycles. The highest BCUT2D eigenvalue weighted by molar-refractivity contribution is 5.80. The molecule has 102 valence electrons. The van der Waals surface area contributed by atoms with Crippen LogP contribution in [0.4, 0.5) is 0 Å². The van der Waals surface area contributed by atoms with Gasteiger partial charge in [0.2, 0.25) is 0 Å². The van der Waals surface area contributed by atoms with Crippen molar-refractivity contribution in [3.63, 3.8) is 0 Å². The van der Waals surface area contributed by atoms with Crippen molar-refractivity contribution >= 4 is 11.9 Å². The predicted molar refractivity (Wildman–Crippen MR) is 69.9 cm³/mol. The molecule has 1 aliphatic carbocycles. The van der Waals surface area contributed by atoms with E-state index in [0.29, 0.717) is 19.3 Å². The Kier molecular flexibility index (Phi) is 3.60. The van der Waals surface area contributed by atoms with Gasteiger partial charge in [-0.2, -0.15) is 0 Å². The zero-order valence-electron chi connectivity index (χ0n) is 10.9. The van der Waals surface area contributed by atoms with Crippen molar-refractivity contribution in [2.75, 3.05) is 0 Å². The summed E-state index contributed by atoms with van der Waals surface area (Å²) in [5.74, 6) is -3.58. The van der Waals surface area contributed by atoms with Crippen LogP contribution < -0.4 is 0 Å². The molecule has 0 unspecified atom stereocenters.